The second kappa shape index (κ2) is 8.07. The number of hydrogen-bond acceptors (Lipinski definition) is 2. The fraction of sp³-hybridized carbons (Fsp3) is 0.280. The number of benzene rings is 3. The van der Waals surface area contributed by atoms with E-state index in [4.69, 9.17) is 10.5 Å². The van der Waals surface area contributed by atoms with Crippen molar-refractivity contribution < 1.29 is 4.74 Å². The third kappa shape index (κ3) is 3.27. The number of ether oxygens (including phenoxy) is 1. The number of fused-ring (bicyclic) bond motifs is 2. The Morgan fingerprint density at radius 1 is 0.964 bits per heavy atom. The van der Waals surface area contributed by atoms with Crippen LogP contribution in [0.2, 0.25) is 0 Å². The molecular weight excluding hydrogens is 344 g/mol. The minimum atomic E-state index is 0.733. The Morgan fingerprint density at radius 3 is 2.46 bits per heavy atom. The average molecular weight is 373 g/mol. The maximum atomic E-state index is 5.80. The number of nitrogens with two attached hydrogens (primary N) is 1. The number of aryl methyl sites for hydroxylation is 2. The molecule has 0 aliphatic heterocycles. The van der Waals surface area contributed by atoms with E-state index in [2.05, 4.69) is 66.5 Å². The Bertz CT molecular complexity index is 1110. The molecule has 1 heterocycles. The molecule has 4 rings (SSSR count). The van der Waals surface area contributed by atoms with E-state index in [9.17, 15) is 0 Å². The lowest BCUT2D eigenvalue weighted by atomic mass is 9.97. The summed E-state index contributed by atoms with van der Waals surface area (Å²) in [5.74, 6) is 0.906. The van der Waals surface area contributed by atoms with Gasteiger partial charge in [0, 0.05) is 16.5 Å². The molecule has 0 aliphatic carbocycles. The van der Waals surface area contributed by atoms with Gasteiger partial charge in [-0.25, -0.2) is 0 Å². The topological polar surface area (TPSA) is 51.0 Å². The highest BCUT2D eigenvalue weighted by molar-refractivity contribution is 5.97. The Kier molecular flexibility index (Phi) is 5.36. The van der Waals surface area contributed by atoms with Gasteiger partial charge in [-0.3, -0.25) is 0 Å². The zero-order valence-electron chi connectivity index (χ0n) is 16.7. The lowest BCUT2D eigenvalue weighted by Gasteiger charge is -2.12. The number of unbranched alkanes of at least 4 members (excludes halogenated alkanes) is 1. The summed E-state index contributed by atoms with van der Waals surface area (Å²) in [4.78, 5) is 3.76. The summed E-state index contributed by atoms with van der Waals surface area (Å²) in [6.07, 6.45) is 4.14. The molecule has 0 bridgehead atoms. The maximum Gasteiger partial charge on any atom is 0.128 e. The van der Waals surface area contributed by atoms with Crippen LogP contribution in [0.25, 0.3) is 32.9 Å². The van der Waals surface area contributed by atoms with E-state index in [0.717, 1.165) is 43.5 Å². The fourth-order valence-corrected chi connectivity index (χ4v) is 4.15. The molecule has 3 heteroatoms. The zero-order valence-corrected chi connectivity index (χ0v) is 16.7. The van der Waals surface area contributed by atoms with Crippen molar-refractivity contribution in [3.63, 3.8) is 0 Å². The molecule has 0 unspecified atom stereocenters. The molecule has 0 saturated carbocycles. The van der Waals surface area contributed by atoms with Crippen LogP contribution in [0.4, 0.5) is 0 Å². The molecule has 3 aromatic carbocycles. The summed E-state index contributed by atoms with van der Waals surface area (Å²) in [6, 6.07) is 19.4. The molecular formula is C25H28N2O. The fourth-order valence-electron chi connectivity index (χ4n) is 4.15. The van der Waals surface area contributed by atoms with Gasteiger partial charge >= 0.3 is 0 Å². The summed E-state index contributed by atoms with van der Waals surface area (Å²) in [5, 5.41) is 3.74. The molecule has 0 radical (unpaired) electrons. The molecule has 0 saturated heterocycles. The van der Waals surface area contributed by atoms with Crippen molar-refractivity contribution >= 4 is 21.7 Å². The number of para-hydroxylation sites is 1. The maximum absolute atomic E-state index is 5.80. The Labute approximate surface area is 166 Å². The van der Waals surface area contributed by atoms with Gasteiger partial charge in [0.2, 0.25) is 0 Å². The van der Waals surface area contributed by atoms with Crippen LogP contribution >= 0.6 is 0 Å². The Hall–Kier alpha value is -2.78. The van der Waals surface area contributed by atoms with E-state index < -0.39 is 0 Å². The molecule has 4 aromatic rings. The molecule has 144 valence electrons. The van der Waals surface area contributed by atoms with Gasteiger partial charge < -0.3 is 15.5 Å². The van der Waals surface area contributed by atoms with Crippen LogP contribution in [0.5, 0.6) is 5.75 Å². The SMILES string of the molecule is CCc1cccc2c(CCCCN)c(-c3cc4ccccc4cc3OC)[nH]c12. The lowest BCUT2D eigenvalue weighted by Crippen LogP contribution is -1.99. The highest BCUT2D eigenvalue weighted by Gasteiger charge is 2.18. The van der Waals surface area contributed by atoms with Crippen LogP contribution in [0.1, 0.15) is 30.9 Å². The standard InChI is InChI=1S/C25H28N2O/c1-3-17-11-8-13-20-21(12-6-7-14-26)25(27-24(17)20)22-15-18-9-4-5-10-19(18)16-23(22)28-2/h4-5,8-11,13,15-16,27H,3,6-7,12,14,26H2,1-2H3. The first kappa shape index (κ1) is 18.6. The molecule has 28 heavy (non-hydrogen) atoms. The first-order valence-corrected chi connectivity index (χ1v) is 10.2. The summed E-state index contributed by atoms with van der Waals surface area (Å²) in [7, 11) is 1.75. The molecule has 1 aromatic heterocycles. The number of aromatic nitrogens is 1. The average Bonchev–Trinajstić information content (AvgIpc) is 3.11. The van der Waals surface area contributed by atoms with Crippen LogP contribution in [0.3, 0.4) is 0 Å². The lowest BCUT2D eigenvalue weighted by molar-refractivity contribution is 0.417. The van der Waals surface area contributed by atoms with Crippen molar-refractivity contribution in [2.45, 2.75) is 32.6 Å². The molecule has 3 nitrogen and oxygen atoms in total. The third-order valence-electron chi connectivity index (χ3n) is 5.63. The number of aromatic amines is 1. The van der Waals surface area contributed by atoms with Crippen LogP contribution in [-0.4, -0.2) is 18.6 Å². The van der Waals surface area contributed by atoms with E-state index in [1.54, 1.807) is 7.11 Å². The number of methoxy groups -OCH3 is 1. The smallest absolute Gasteiger partial charge is 0.128 e. The Balaban J connectivity index is 1.96. The number of nitrogens with one attached hydrogen (secondary N) is 1. The van der Waals surface area contributed by atoms with E-state index in [-0.39, 0.29) is 0 Å². The van der Waals surface area contributed by atoms with Gasteiger partial charge in [0.25, 0.3) is 0 Å². The van der Waals surface area contributed by atoms with Crippen molar-refractivity contribution in [3.8, 4) is 17.0 Å². The minimum absolute atomic E-state index is 0.733. The van der Waals surface area contributed by atoms with Gasteiger partial charge in [-0.2, -0.15) is 0 Å². The predicted molar refractivity (Wildman–Crippen MR) is 119 cm³/mol. The molecule has 3 N–H and O–H groups in total. The van der Waals surface area contributed by atoms with E-state index in [1.165, 1.54) is 38.5 Å². The van der Waals surface area contributed by atoms with E-state index in [0.29, 0.717) is 0 Å². The molecule has 0 fully saturated rings. The van der Waals surface area contributed by atoms with Crippen molar-refractivity contribution in [3.05, 3.63) is 65.7 Å². The van der Waals surface area contributed by atoms with Gasteiger partial charge in [-0.15, -0.1) is 0 Å². The quantitative estimate of drug-likeness (QED) is 0.400. The van der Waals surface area contributed by atoms with Crippen molar-refractivity contribution in [1.82, 2.24) is 4.98 Å². The largest absolute Gasteiger partial charge is 0.496 e. The van der Waals surface area contributed by atoms with Gasteiger partial charge in [-0.05, 0) is 66.3 Å². The van der Waals surface area contributed by atoms with Crippen LogP contribution < -0.4 is 10.5 Å². The van der Waals surface area contributed by atoms with Gasteiger partial charge in [-0.1, -0.05) is 49.4 Å². The predicted octanol–water partition coefficient (Wildman–Crippen LogP) is 5.84. The molecule has 0 spiro atoms. The van der Waals surface area contributed by atoms with Crippen molar-refractivity contribution in [2.24, 2.45) is 5.73 Å². The molecule has 0 aliphatic rings. The third-order valence-corrected chi connectivity index (χ3v) is 5.63. The second-order valence-electron chi connectivity index (χ2n) is 7.32. The molecule has 0 amide bonds. The first-order valence-electron chi connectivity index (χ1n) is 10.2. The van der Waals surface area contributed by atoms with Gasteiger partial charge in [0.1, 0.15) is 5.75 Å². The van der Waals surface area contributed by atoms with Crippen LogP contribution in [-0.2, 0) is 12.8 Å². The first-order chi connectivity index (χ1) is 13.8. The highest BCUT2D eigenvalue weighted by Crippen LogP contribution is 2.39. The minimum Gasteiger partial charge on any atom is -0.496 e. The highest BCUT2D eigenvalue weighted by atomic mass is 16.5. The monoisotopic (exact) mass is 372 g/mol. The molecule has 0 atom stereocenters. The van der Waals surface area contributed by atoms with Crippen molar-refractivity contribution in [2.75, 3.05) is 13.7 Å². The second-order valence-corrected chi connectivity index (χ2v) is 7.32. The number of rotatable bonds is 7. The summed E-state index contributed by atoms with van der Waals surface area (Å²) in [5.41, 5.74) is 12.0. The van der Waals surface area contributed by atoms with Crippen LogP contribution in [0.15, 0.2) is 54.6 Å². The summed E-state index contributed by atoms with van der Waals surface area (Å²) >= 11 is 0. The van der Waals surface area contributed by atoms with Gasteiger partial charge in [0.05, 0.1) is 12.8 Å². The normalized spacial score (nSPS) is 11.4. The number of H-pyrrole nitrogens is 1. The Morgan fingerprint density at radius 2 is 1.75 bits per heavy atom. The van der Waals surface area contributed by atoms with Crippen molar-refractivity contribution in [1.29, 1.82) is 0 Å². The van der Waals surface area contributed by atoms with E-state index in [1.807, 2.05) is 0 Å². The van der Waals surface area contributed by atoms with E-state index >= 15 is 0 Å². The number of hydrogen-bond donors (Lipinski definition) is 2. The summed E-state index contributed by atoms with van der Waals surface area (Å²) in [6.45, 7) is 2.94. The van der Waals surface area contributed by atoms with Crippen LogP contribution in [0, 0.1) is 0 Å². The van der Waals surface area contributed by atoms with Gasteiger partial charge in [0.15, 0.2) is 0 Å². The summed E-state index contributed by atoms with van der Waals surface area (Å²) < 4.78 is 5.80. The zero-order chi connectivity index (χ0) is 19.5.